The molecule has 0 amide bonds. The van der Waals surface area contributed by atoms with Crippen molar-refractivity contribution in [1.82, 2.24) is 0 Å². The van der Waals surface area contributed by atoms with E-state index in [0.29, 0.717) is 17.1 Å². The fraction of sp³-hybridized carbons (Fsp3) is 0.385. The third-order valence-corrected chi connectivity index (χ3v) is 2.57. The molecule has 0 spiro atoms. The van der Waals surface area contributed by atoms with Crippen molar-refractivity contribution in [3.8, 4) is 17.6 Å². The smallest absolute Gasteiger partial charge is 0.307 e. The molecule has 0 bridgehead atoms. The van der Waals surface area contributed by atoms with Crippen molar-refractivity contribution < 1.29 is 19.0 Å². The first-order chi connectivity index (χ1) is 8.65. The second kappa shape index (κ2) is 6.50. The van der Waals surface area contributed by atoms with Crippen molar-refractivity contribution >= 4 is 5.97 Å². The van der Waals surface area contributed by atoms with Crippen molar-refractivity contribution in [2.75, 3.05) is 21.3 Å². The molecule has 0 radical (unpaired) electrons. The Labute approximate surface area is 106 Å². The standard InChI is InChI=1S/C13H15NO4/c1-16-10-4-5-12(17-2)11(7-10)9(8-14)6-13(15)18-3/h4-5,7,9H,6H2,1-3H3. The van der Waals surface area contributed by atoms with E-state index in [4.69, 9.17) is 14.7 Å². The zero-order valence-electron chi connectivity index (χ0n) is 10.6. The number of methoxy groups -OCH3 is 3. The van der Waals surface area contributed by atoms with Gasteiger partial charge in [-0.2, -0.15) is 5.26 Å². The van der Waals surface area contributed by atoms with Crippen molar-refractivity contribution in [2.45, 2.75) is 12.3 Å². The number of nitriles is 1. The van der Waals surface area contributed by atoms with Gasteiger partial charge >= 0.3 is 5.97 Å². The Hall–Kier alpha value is -2.22. The van der Waals surface area contributed by atoms with Crippen molar-refractivity contribution in [1.29, 1.82) is 5.26 Å². The first-order valence-electron chi connectivity index (χ1n) is 5.34. The number of hydrogen-bond donors (Lipinski definition) is 0. The normalized spacial score (nSPS) is 11.2. The van der Waals surface area contributed by atoms with Gasteiger partial charge in [0.25, 0.3) is 0 Å². The van der Waals surface area contributed by atoms with E-state index in [1.807, 2.05) is 0 Å². The van der Waals surface area contributed by atoms with Crippen LogP contribution in [0.3, 0.4) is 0 Å². The first kappa shape index (κ1) is 13.8. The van der Waals surface area contributed by atoms with Crippen molar-refractivity contribution in [2.24, 2.45) is 0 Å². The number of hydrogen-bond acceptors (Lipinski definition) is 5. The van der Waals surface area contributed by atoms with E-state index in [1.54, 1.807) is 18.2 Å². The second-order valence-corrected chi connectivity index (χ2v) is 3.57. The van der Waals surface area contributed by atoms with Gasteiger partial charge in [-0.05, 0) is 18.2 Å². The summed E-state index contributed by atoms with van der Waals surface area (Å²) in [5, 5.41) is 9.15. The lowest BCUT2D eigenvalue weighted by atomic mass is 9.96. The first-order valence-corrected chi connectivity index (χ1v) is 5.34. The van der Waals surface area contributed by atoms with Gasteiger partial charge in [0.1, 0.15) is 11.5 Å². The van der Waals surface area contributed by atoms with Crippen LogP contribution in [0.15, 0.2) is 18.2 Å². The van der Waals surface area contributed by atoms with Gasteiger partial charge in [-0.15, -0.1) is 0 Å². The zero-order chi connectivity index (χ0) is 13.5. The largest absolute Gasteiger partial charge is 0.497 e. The highest BCUT2D eigenvalue weighted by Gasteiger charge is 2.20. The monoisotopic (exact) mass is 249 g/mol. The number of nitrogens with zero attached hydrogens (tertiary/aromatic N) is 1. The fourth-order valence-electron chi connectivity index (χ4n) is 1.59. The maximum absolute atomic E-state index is 11.3. The third-order valence-electron chi connectivity index (χ3n) is 2.57. The molecule has 1 unspecified atom stereocenters. The Bertz CT molecular complexity index is 465. The predicted octanol–water partition coefficient (Wildman–Crippen LogP) is 1.87. The van der Waals surface area contributed by atoms with Gasteiger partial charge in [0.15, 0.2) is 0 Å². The summed E-state index contributed by atoms with van der Waals surface area (Å²) in [7, 11) is 4.34. The van der Waals surface area contributed by atoms with Crippen molar-refractivity contribution in [3.05, 3.63) is 23.8 Å². The number of carbonyl (C=O) groups excluding carboxylic acids is 1. The zero-order valence-corrected chi connectivity index (χ0v) is 10.6. The minimum absolute atomic E-state index is 0.0173. The van der Waals surface area contributed by atoms with Gasteiger partial charge in [-0.25, -0.2) is 0 Å². The summed E-state index contributed by atoms with van der Waals surface area (Å²) in [6, 6.07) is 7.20. The van der Waals surface area contributed by atoms with Crippen LogP contribution in [-0.4, -0.2) is 27.3 Å². The number of ether oxygens (including phenoxy) is 3. The van der Waals surface area contributed by atoms with Crippen LogP contribution >= 0.6 is 0 Å². The minimum Gasteiger partial charge on any atom is -0.497 e. The number of esters is 1. The molecule has 0 aliphatic rings. The number of carbonyl (C=O) groups is 1. The summed E-state index contributed by atoms with van der Waals surface area (Å²) in [4.78, 5) is 11.3. The molecular formula is C13H15NO4. The lowest BCUT2D eigenvalue weighted by Gasteiger charge is -2.14. The van der Waals surface area contributed by atoms with E-state index in [0.717, 1.165) is 0 Å². The summed E-state index contributed by atoms with van der Waals surface area (Å²) < 4.78 is 14.9. The van der Waals surface area contributed by atoms with E-state index in [-0.39, 0.29) is 6.42 Å². The molecule has 0 N–H and O–H groups in total. The van der Waals surface area contributed by atoms with Gasteiger partial charge in [-0.3, -0.25) is 4.79 Å². The molecule has 0 aliphatic heterocycles. The molecule has 5 heteroatoms. The molecule has 1 atom stereocenters. The second-order valence-electron chi connectivity index (χ2n) is 3.57. The molecule has 0 saturated heterocycles. The average Bonchev–Trinajstić information content (AvgIpc) is 2.43. The van der Waals surface area contributed by atoms with Crippen LogP contribution in [0, 0.1) is 11.3 Å². The van der Waals surface area contributed by atoms with Crippen LogP contribution in [0.25, 0.3) is 0 Å². The molecule has 0 aliphatic carbocycles. The number of benzene rings is 1. The van der Waals surface area contributed by atoms with Crippen molar-refractivity contribution in [3.63, 3.8) is 0 Å². The molecule has 1 rings (SSSR count). The Kier molecular flexibility index (Phi) is 5.00. The summed E-state index contributed by atoms with van der Waals surface area (Å²) in [5.74, 6) is 0.0936. The van der Waals surface area contributed by atoms with E-state index < -0.39 is 11.9 Å². The maximum atomic E-state index is 11.3. The molecule has 0 heterocycles. The fourth-order valence-corrected chi connectivity index (χ4v) is 1.59. The Morgan fingerprint density at radius 1 is 1.33 bits per heavy atom. The average molecular weight is 249 g/mol. The van der Waals surface area contributed by atoms with E-state index >= 15 is 0 Å². The predicted molar refractivity (Wildman–Crippen MR) is 64.5 cm³/mol. The lowest BCUT2D eigenvalue weighted by molar-refractivity contribution is -0.140. The Balaban J connectivity index is 3.10. The third kappa shape index (κ3) is 3.14. The molecule has 1 aromatic carbocycles. The van der Waals surface area contributed by atoms with Gasteiger partial charge in [-0.1, -0.05) is 0 Å². The maximum Gasteiger partial charge on any atom is 0.307 e. The highest BCUT2D eigenvalue weighted by Crippen LogP contribution is 2.32. The topological polar surface area (TPSA) is 68.6 Å². The highest BCUT2D eigenvalue weighted by atomic mass is 16.5. The molecule has 18 heavy (non-hydrogen) atoms. The molecule has 1 aromatic rings. The SMILES string of the molecule is COC(=O)CC(C#N)c1cc(OC)ccc1OC. The molecule has 96 valence electrons. The van der Waals surface area contributed by atoms with Gasteiger partial charge in [0, 0.05) is 5.56 Å². The van der Waals surface area contributed by atoms with Crippen LogP contribution in [0.1, 0.15) is 17.9 Å². The molecular weight excluding hydrogens is 234 g/mol. The van der Waals surface area contributed by atoms with Crippen LogP contribution in [-0.2, 0) is 9.53 Å². The molecule has 0 aromatic heterocycles. The molecule has 0 saturated carbocycles. The van der Waals surface area contributed by atoms with Gasteiger partial charge < -0.3 is 14.2 Å². The van der Waals surface area contributed by atoms with Crippen LogP contribution < -0.4 is 9.47 Å². The van der Waals surface area contributed by atoms with E-state index in [2.05, 4.69) is 10.8 Å². The van der Waals surface area contributed by atoms with Gasteiger partial charge in [0.2, 0.25) is 0 Å². The Morgan fingerprint density at radius 2 is 2.06 bits per heavy atom. The van der Waals surface area contributed by atoms with Crippen LogP contribution in [0.2, 0.25) is 0 Å². The highest BCUT2D eigenvalue weighted by molar-refractivity contribution is 5.71. The summed E-state index contributed by atoms with van der Waals surface area (Å²) in [6.45, 7) is 0. The Morgan fingerprint density at radius 3 is 2.56 bits per heavy atom. The van der Waals surface area contributed by atoms with E-state index in [9.17, 15) is 4.79 Å². The molecule has 5 nitrogen and oxygen atoms in total. The summed E-state index contributed by atoms with van der Waals surface area (Å²) in [6.07, 6.45) is -0.0173. The van der Waals surface area contributed by atoms with Crippen LogP contribution in [0.4, 0.5) is 0 Å². The lowest BCUT2D eigenvalue weighted by Crippen LogP contribution is -2.08. The summed E-state index contributed by atoms with van der Waals surface area (Å²) >= 11 is 0. The van der Waals surface area contributed by atoms with E-state index in [1.165, 1.54) is 21.3 Å². The summed E-state index contributed by atoms with van der Waals surface area (Å²) in [5.41, 5.74) is 0.616. The molecule has 0 fully saturated rings. The van der Waals surface area contributed by atoms with Gasteiger partial charge in [0.05, 0.1) is 39.7 Å². The van der Waals surface area contributed by atoms with Crippen LogP contribution in [0.5, 0.6) is 11.5 Å². The quantitative estimate of drug-likeness (QED) is 0.745. The minimum atomic E-state index is -0.623. The number of rotatable bonds is 5.